The van der Waals surface area contributed by atoms with E-state index >= 15 is 0 Å². The third kappa shape index (κ3) is 3.65. The van der Waals surface area contributed by atoms with Crippen LogP contribution in [0, 0.1) is 5.82 Å². The molecule has 1 fully saturated rings. The van der Waals surface area contributed by atoms with E-state index < -0.39 is 0 Å². The first kappa shape index (κ1) is 17.0. The van der Waals surface area contributed by atoms with Crippen molar-refractivity contribution in [2.75, 3.05) is 25.0 Å². The summed E-state index contributed by atoms with van der Waals surface area (Å²) in [5.74, 6) is 0.386. The lowest BCUT2D eigenvalue weighted by atomic mass is 10.00. The molecule has 2 unspecified atom stereocenters. The van der Waals surface area contributed by atoms with Crippen molar-refractivity contribution >= 4 is 16.7 Å². The van der Waals surface area contributed by atoms with Crippen LogP contribution in [0.4, 0.5) is 10.2 Å². The minimum absolute atomic E-state index is 0.0725. The number of ether oxygens (including phenoxy) is 1. The maximum atomic E-state index is 13.6. The van der Waals surface area contributed by atoms with Gasteiger partial charge in [0.25, 0.3) is 0 Å². The quantitative estimate of drug-likeness (QED) is 0.932. The van der Waals surface area contributed by atoms with Crippen molar-refractivity contribution in [1.29, 1.82) is 0 Å². The minimum Gasteiger partial charge on any atom is -0.373 e. The zero-order valence-corrected chi connectivity index (χ0v) is 14.7. The lowest BCUT2D eigenvalue weighted by Crippen LogP contribution is -2.57. The Hall–Kier alpha value is -1.79. The summed E-state index contributed by atoms with van der Waals surface area (Å²) >= 11 is 0. The lowest BCUT2D eigenvalue weighted by Gasteiger charge is -2.45. The molecule has 5 nitrogen and oxygen atoms in total. The largest absolute Gasteiger partial charge is 0.373 e. The van der Waals surface area contributed by atoms with Crippen LogP contribution in [0.1, 0.15) is 27.7 Å². The van der Waals surface area contributed by atoms with Crippen LogP contribution in [-0.2, 0) is 4.74 Å². The number of fused-ring (bicyclic) bond motifs is 1. The zero-order chi connectivity index (χ0) is 17.3. The average molecular weight is 332 g/mol. The number of aromatic nitrogens is 2. The predicted octanol–water partition coefficient (Wildman–Crippen LogP) is 3.07. The molecule has 2 atom stereocenters. The number of hydrogen-bond acceptors (Lipinski definition) is 5. The van der Waals surface area contributed by atoms with Gasteiger partial charge in [-0.2, -0.15) is 0 Å². The van der Waals surface area contributed by atoms with Crippen LogP contribution in [0.3, 0.4) is 0 Å². The molecule has 0 spiro atoms. The van der Waals surface area contributed by atoms with Gasteiger partial charge in [0.2, 0.25) is 0 Å². The molecule has 1 saturated heterocycles. The molecule has 130 valence electrons. The summed E-state index contributed by atoms with van der Waals surface area (Å²) in [6.45, 7) is 11.1. The molecule has 1 aromatic carbocycles. The van der Waals surface area contributed by atoms with Crippen molar-refractivity contribution in [3.8, 4) is 0 Å². The molecule has 1 N–H and O–H groups in total. The molecule has 3 rings (SSSR count). The fourth-order valence-corrected chi connectivity index (χ4v) is 3.25. The summed E-state index contributed by atoms with van der Waals surface area (Å²) < 4.78 is 19.4. The van der Waals surface area contributed by atoms with E-state index in [-0.39, 0.29) is 23.6 Å². The van der Waals surface area contributed by atoms with Crippen molar-refractivity contribution < 1.29 is 9.13 Å². The number of benzene rings is 1. The van der Waals surface area contributed by atoms with Gasteiger partial charge in [-0.25, -0.2) is 14.4 Å². The Morgan fingerprint density at radius 2 is 1.96 bits per heavy atom. The highest BCUT2D eigenvalue weighted by Crippen LogP contribution is 2.24. The highest BCUT2D eigenvalue weighted by atomic mass is 19.1. The smallest absolute Gasteiger partial charge is 0.137 e. The maximum Gasteiger partial charge on any atom is 0.137 e. The third-order valence-corrected chi connectivity index (χ3v) is 4.56. The van der Waals surface area contributed by atoms with Crippen LogP contribution in [0.5, 0.6) is 0 Å². The SMILES string of the molecule is CC1CN(C(C)(C)CNc2ncnc3ccc(F)cc23)CC(C)O1. The van der Waals surface area contributed by atoms with Gasteiger partial charge in [-0.1, -0.05) is 0 Å². The first-order valence-electron chi connectivity index (χ1n) is 8.40. The zero-order valence-electron chi connectivity index (χ0n) is 14.7. The number of rotatable bonds is 4. The van der Waals surface area contributed by atoms with Gasteiger partial charge in [-0.3, -0.25) is 4.90 Å². The van der Waals surface area contributed by atoms with Crippen LogP contribution in [0.2, 0.25) is 0 Å². The van der Waals surface area contributed by atoms with Crippen LogP contribution in [0.25, 0.3) is 10.9 Å². The van der Waals surface area contributed by atoms with Gasteiger partial charge < -0.3 is 10.1 Å². The summed E-state index contributed by atoms with van der Waals surface area (Å²) in [7, 11) is 0. The van der Waals surface area contributed by atoms with Crippen LogP contribution in [0.15, 0.2) is 24.5 Å². The Labute approximate surface area is 142 Å². The first-order chi connectivity index (χ1) is 11.3. The molecule has 0 amide bonds. The Bertz CT molecular complexity index is 711. The van der Waals surface area contributed by atoms with Crippen molar-refractivity contribution in [2.24, 2.45) is 0 Å². The topological polar surface area (TPSA) is 50.3 Å². The molecule has 1 aliphatic rings. The Balaban J connectivity index is 1.76. The predicted molar refractivity (Wildman–Crippen MR) is 93.6 cm³/mol. The molecular formula is C18H25FN4O. The van der Waals surface area contributed by atoms with Crippen molar-refractivity contribution in [2.45, 2.75) is 45.4 Å². The number of nitrogens with zero attached hydrogens (tertiary/aromatic N) is 3. The van der Waals surface area contributed by atoms with E-state index in [0.29, 0.717) is 17.7 Å². The Kier molecular flexibility index (Phi) is 4.69. The van der Waals surface area contributed by atoms with Crippen LogP contribution in [-0.4, -0.2) is 52.2 Å². The fourth-order valence-electron chi connectivity index (χ4n) is 3.25. The molecule has 0 bridgehead atoms. The van der Waals surface area contributed by atoms with Crippen molar-refractivity contribution in [3.63, 3.8) is 0 Å². The Morgan fingerprint density at radius 3 is 2.67 bits per heavy atom. The van der Waals surface area contributed by atoms with Gasteiger partial charge in [0.15, 0.2) is 0 Å². The summed E-state index contributed by atoms with van der Waals surface area (Å²) in [4.78, 5) is 10.9. The van der Waals surface area contributed by atoms with Crippen LogP contribution < -0.4 is 5.32 Å². The molecule has 2 heterocycles. The number of morpholine rings is 1. The molecule has 1 aliphatic heterocycles. The van der Waals surface area contributed by atoms with Gasteiger partial charge in [0, 0.05) is 30.6 Å². The summed E-state index contributed by atoms with van der Waals surface area (Å²) in [6, 6.07) is 4.57. The van der Waals surface area contributed by atoms with Gasteiger partial charge in [-0.05, 0) is 45.9 Å². The lowest BCUT2D eigenvalue weighted by molar-refractivity contribution is -0.0933. The summed E-state index contributed by atoms with van der Waals surface area (Å²) in [5.41, 5.74) is 0.664. The summed E-state index contributed by atoms with van der Waals surface area (Å²) in [5, 5.41) is 4.09. The van der Waals surface area contributed by atoms with E-state index in [1.165, 1.54) is 18.5 Å². The second-order valence-corrected chi connectivity index (χ2v) is 7.21. The fraction of sp³-hybridized carbons (Fsp3) is 0.556. The van der Waals surface area contributed by atoms with Gasteiger partial charge in [0.05, 0.1) is 17.7 Å². The molecule has 6 heteroatoms. The third-order valence-electron chi connectivity index (χ3n) is 4.56. The number of hydrogen-bond donors (Lipinski definition) is 1. The molecular weight excluding hydrogens is 307 g/mol. The standard InChI is InChI=1S/C18H25FN4O/c1-12-8-23(9-13(2)24-12)18(3,4)10-20-17-15-7-14(19)5-6-16(15)21-11-22-17/h5-7,11-13H,8-10H2,1-4H3,(H,20,21,22). The van der Waals surface area contributed by atoms with Crippen molar-refractivity contribution in [1.82, 2.24) is 14.9 Å². The second-order valence-electron chi connectivity index (χ2n) is 7.21. The van der Waals surface area contributed by atoms with Gasteiger partial charge in [-0.15, -0.1) is 0 Å². The van der Waals surface area contributed by atoms with Crippen molar-refractivity contribution in [3.05, 3.63) is 30.3 Å². The molecule has 0 saturated carbocycles. The van der Waals surface area contributed by atoms with E-state index in [4.69, 9.17) is 4.74 Å². The molecule has 24 heavy (non-hydrogen) atoms. The summed E-state index contributed by atoms with van der Waals surface area (Å²) in [6.07, 6.45) is 1.96. The number of halogens is 1. The van der Waals surface area contributed by atoms with E-state index in [9.17, 15) is 4.39 Å². The first-order valence-corrected chi connectivity index (χ1v) is 8.40. The minimum atomic E-state index is -0.282. The highest BCUT2D eigenvalue weighted by molar-refractivity contribution is 5.88. The number of nitrogens with one attached hydrogen (secondary N) is 1. The van der Waals surface area contributed by atoms with E-state index in [1.54, 1.807) is 6.07 Å². The second kappa shape index (κ2) is 6.61. The average Bonchev–Trinajstić information content (AvgIpc) is 2.52. The van der Waals surface area contributed by atoms with Gasteiger partial charge >= 0.3 is 0 Å². The number of anilines is 1. The van der Waals surface area contributed by atoms with Gasteiger partial charge in [0.1, 0.15) is 18.0 Å². The van der Waals surface area contributed by atoms with Crippen LogP contribution >= 0.6 is 0 Å². The van der Waals surface area contributed by atoms with E-state index in [0.717, 1.165) is 18.6 Å². The normalized spacial score (nSPS) is 22.7. The Morgan fingerprint density at radius 1 is 1.25 bits per heavy atom. The van der Waals surface area contributed by atoms with E-state index in [1.807, 2.05) is 0 Å². The monoisotopic (exact) mass is 332 g/mol. The maximum absolute atomic E-state index is 13.6. The highest BCUT2D eigenvalue weighted by Gasteiger charge is 2.33. The molecule has 0 aliphatic carbocycles. The van der Waals surface area contributed by atoms with E-state index in [2.05, 4.69) is 47.9 Å². The molecule has 2 aromatic rings. The molecule has 1 aromatic heterocycles. The molecule has 0 radical (unpaired) electrons.